The van der Waals surface area contributed by atoms with Gasteiger partial charge in [0.1, 0.15) is 0 Å². The van der Waals surface area contributed by atoms with Crippen LogP contribution in [-0.4, -0.2) is 17.8 Å². The maximum Gasteiger partial charge on any atom is 0.0960 e. The second kappa shape index (κ2) is 5.25. The lowest BCUT2D eigenvalue weighted by atomic mass is 10.1. The fraction of sp³-hybridized carbons (Fsp3) is 0.500. The molecule has 0 saturated heterocycles. The molecule has 72 valence electrons. The third-order valence-corrected chi connectivity index (χ3v) is 2.62. The van der Waals surface area contributed by atoms with Crippen LogP contribution in [-0.2, 0) is 0 Å². The van der Waals surface area contributed by atoms with E-state index in [0.717, 1.165) is 11.6 Å². The first-order valence-electron chi connectivity index (χ1n) is 4.51. The number of nitrogens with zero attached hydrogens (tertiary/aromatic N) is 1. The predicted molar refractivity (Wildman–Crippen MR) is 58.1 cm³/mol. The molecule has 1 atom stereocenters. The van der Waals surface area contributed by atoms with E-state index in [1.165, 1.54) is 5.56 Å². The zero-order valence-corrected chi connectivity index (χ0v) is 9.19. The first-order chi connectivity index (χ1) is 6.27. The molecule has 0 radical (unpaired) electrons. The Bertz CT molecular complexity index is 263. The van der Waals surface area contributed by atoms with Crippen LogP contribution >= 0.6 is 11.8 Å². The fourth-order valence-corrected chi connectivity index (χ4v) is 1.65. The molecule has 1 unspecified atom stereocenters. The van der Waals surface area contributed by atoms with Gasteiger partial charge in [-0.3, -0.25) is 0 Å². The molecule has 0 aliphatic rings. The number of aromatic nitrogens is 1. The Morgan fingerprint density at radius 2 is 2.38 bits per heavy atom. The Kier molecular flexibility index (Phi) is 4.25. The highest BCUT2D eigenvalue weighted by Gasteiger charge is 2.03. The molecule has 13 heavy (non-hydrogen) atoms. The fourth-order valence-electron chi connectivity index (χ4n) is 1.23. The topological polar surface area (TPSA) is 24.9 Å². The van der Waals surface area contributed by atoms with Crippen LogP contribution < -0.4 is 5.32 Å². The van der Waals surface area contributed by atoms with Gasteiger partial charge >= 0.3 is 0 Å². The minimum atomic E-state index is 0.416. The molecule has 1 N–H and O–H groups in total. The Labute approximate surface area is 84.1 Å². The Morgan fingerprint density at radius 3 is 3.00 bits per heavy atom. The quantitative estimate of drug-likeness (QED) is 0.749. The Balaban J connectivity index is 2.75. The summed E-state index contributed by atoms with van der Waals surface area (Å²) in [6.07, 6.45) is 3.92. The number of pyridine rings is 1. The average Bonchev–Trinajstić information content (AvgIpc) is 2.18. The molecule has 0 aliphatic carbocycles. The molecule has 1 rings (SSSR count). The van der Waals surface area contributed by atoms with Gasteiger partial charge in [0.15, 0.2) is 0 Å². The summed E-state index contributed by atoms with van der Waals surface area (Å²) in [5.41, 5.74) is 1.31. The van der Waals surface area contributed by atoms with Gasteiger partial charge in [-0.15, -0.1) is 11.8 Å². The molecule has 0 aliphatic heterocycles. The molecule has 2 nitrogen and oxygen atoms in total. The van der Waals surface area contributed by atoms with E-state index in [1.807, 2.05) is 12.5 Å². The average molecular weight is 196 g/mol. The summed E-state index contributed by atoms with van der Waals surface area (Å²) in [4.78, 5) is 4.24. The van der Waals surface area contributed by atoms with Crippen LogP contribution in [0.25, 0.3) is 0 Å². The summed E-state index contributed by atoms with van der Waals surface area (Å²) in [6, 6.07) is 4.62. The first kappa shape index (κ1) is 10.5. The van der Waals surface area contributed by atoms with Crippen LogP contribution in [0.5, 0.6) is 0 Å². The molecule has 0 saturated carbocycles. The van der Waals surface area contributed by atoms with E-state index in [1.54, 1.807) is 11.8 Å². The number of hydrogen-bond acceptors (Lipinski definition) is 3. The van der Waals surface area contributed by atoms with Crippen molar-refractivity contribution in [3.8, 4) is 0 Å². The van der Waals surface area contributed by atoms with Crippen LogP contribution in [0.4, 0.5) is 0 Å². The number of thioether (sulfide) groups is 1. The zero-order chi connectivity index (χ0) is 9.68. The van der Waals surface area contributed by atoms with Crippen molar-refractivity contribution in [3.63, 3.8) is 0 Å². The Morgan fingerprint density at radius 1 is 1.62 bits per heavy atom. The van der Waals surface area contributed by atoms with E-state index < -0.39 is 0 Å². The van der Waals surface area contributed by atoms with Gasteiger partial charge in [-0.1, -0.05) is 6.92 Å². The minimum absolute atomic E-state index is 0.416. The maximum atomic E-state index is 4.24. The summed E-state index contributed by atoms with van der Waals surface area (Å²) in [7, 11) is 0. The van der Waals surface area contributed by atoms with E-state index >= 15 is 0 Å². The molecular weight excluding hydrogens is 180 g/mol. The van der Waals surface area contributed by atoms with Gasteiger partial charge in [0.25, 0.3) is 0 Å². The summed E-state index contributed by atoms with van der Waals surface area (Å²) >= 11 is 1.68. The lowest BCUT2D eigenvalue weighted by molar-refractivity contribution is 0.596. The second-order valence-electron chi connectivity index (χ2n) is 2.91. The Hall–Kier alpha value is -0.540. The van der Waals surface area contributed by atoms with Gasteiger partial charge in [-0.2, -0.15) is 0 Å². The number of rotatable bonds is 4. The summed E-state index contributed by atoms with van der Waals surface area (Å²) in [6.45, 7) is 5.29. The highest BCUT2D eigenvalue weighted by Crippen LogP contribution is 2.17. The van der Waals surface area contributed by atoms with E-state index in [0.29, 0.717) is 6.04 Å². The normalized spacial score (nSPS) is 12.8. The van der Waals surface area contributed by atoms with Crippen molar-refractivity contribution in [2.75, 3.05) is 12.8 Å². The molecule has 0 aromatic carbocycles. The van der Waals surface area contributed by atoms with Gasteiger partial charge in [0.2, 0.25) is 0 Å². The van der Waals surface area contributed by atoms with Crippen molar-refractivity contribution >= 4 is 11.8 Å². The molecule has 1 aromatic heterocycles. The van der Waals surface area contributed by atoms with Gasteiger partial charge in [-0.25, -0.2) is 4.98 Å². The molecule has 0 amide bonds. The summed E-state index contributed by atoms with van der Waals surface area (Å²) in [5.74, 6) is 0. The van der Waals surface area contributed by atoms with Crippen molar-refractivity contribution in [1.82, 2.24) is 10.3 Å². The molecular formula is C10H16N2S. The predicted octanol–water partition coefficient (Wildman–Crippen LogP) is 2.47. The maximum absolute atomic E-state index is 4.24. The smallest absolute Gasteiger partial charge is 0.0960 e. The largest absolute Gasteiger partial charge is 0.310 e. The van der Waals surface area contributed by atoms with Crippen molar-refractivity contribution in [3.05, 3.63) is 23.9 Å². The van der Waals surface area contributed by atoms with E-state index in [4.69, 9.17) is 0 Å². The SMILES string of the molecule is CCNC(C)c1ccnc(SC)c1. The molecule has 0 spiro atoms. The highest BCUT2D eigenvalue weighted by atomic mass is 32.2. The lowest BCUT2D eigenvalue weighted by Gasteiger charge is -2.12. The van der Waals surface area contributed by atoms with Crippen molar-refractivity contribution in [1.29, 1.82) is 0 Å². The van der Waals surface area contributed by atoms with Crippen LogP contribution in [0.2, 0.25) is 0 Å². The lowest BCUT2D eigenvalue weighted by Crippen LogP contribution is -2.17. The van der Waals surface area contributed by atoms with E-state index in [2.05, 4.69) is 36.3 Å². The second-order valence-corrected chi connectivity index (χ2v) is 3.74. The zero-order valence-electron chi connectivity index (χ0n) is 8.37. The number of hydrogen-bond donors (Lipinski definition) is 1. The van der Waals surface area contributed by atoms with Crippen LogP contribution in [0, 0.1) is 0 Å². The highest BCUT2D eigenvalue weighted by molar-refractivity contribution is 7.98. The third-order valence-electron chi connectivity index (χ3n) is 1.98. The standard InChI is InChI=1S/C10H16N2S/c1-4-11-8(2)9-5-6-12-10(7-9)13-3/h5-8,11H,4H2,1-3H3. The first-order valence-corrected chi connectivity index (χ1v) is 5.73. The van der Waals surface area contributed by atoms with Crippen LogP contribution in [0.1, 0.15) is 25.5 Å². The van der Waals surface area contributed by atoms with Crippen molar-refractivity contribution in [2.24, 2.45) is 0 Å². The van der Waals surface area contributed by atoms with Crippen LogP contribution in [0.15, 0.2) is 23.4 Å². The van der Waals surface area contributed by atoms with Gasteiger partial charge in [0, 0.05) is 12.2 Å². The van der Waals surface area contributed by atoms with Gasteiger partial charge in [0.05, 0.1) is 5.03 Å². The molecule has 1 aromatic rings. The molecule has 0 fully saturated rings. The number of nitrogens with one attached hydrogen (secondary N) is 1. The van der Waals surface area contributed by atoms with Crippen LogP contribution in [0.3, 0.4) is 0 Å². The van der Waals surface area contributed by atoms with Crippen molar-refractivity contribution in [2.45, 2.75) is 24.9 Å². The molecule has 3 heteroatoms. The van der Waals surface area contributed by atoms with Gasteiger partial charge < -0.3 is 5.32 Å². The third kappa shape index (κ3) is 3.01. The monoisotopic (exact) mass is 196 g/mol. The summed E-state index contributed by atoms with van der Waals surface area (Å²) < 4.78 is 0. The molecule has 0 bridgehead atoms. The minimum Gasteiger partial charge on any atom is -0.310 e. The van der Waals surface area contributed by atoms with E-state index in [-0.39, 0.29) is 0 Å². The molecule has 1 heterocycles. The van der Waals surface area contributed by atoms with Crippen molar-refractivity contribution < 1.29 is 0 Å². The summed E-state index contributed by atoms with van der Waals surface area (Å²) in [5, 5.41) is 4.46. The van der Waals surface area contributed by atoms with Gasteiger partial charge in [-0.05, 0) is 37.4 Å². The van der Waals surface area contributed by atoms with E-state index in [9.17, 15) is 0 Å².